The van der Waals surface area contributed by atoms with Gasteiger partial charge in [0.15, 0.2) is 0 Å². The molecule has 0 radical (unpaired) electrons. The lowest BCUT2D eigenvalue weighted by Gasteiger charge is -2.21. The molecule has 2 rings (SSSR count). The van der Waals surface area contributed by atoms with Crippen LogP contribution in [0.2, 0.25) is 0 Å². The number of nitrogens with two attached hydrogens (primary N) is 1. The number of rotatable bonds is 4. The number of amides is 2. The van der Waals surface area contributed by atoms with E-state index in [2.05, 4.69) is 10.1 Å². The second-order valence-corrected chi connectivity index (χ2v) is 5.20. The van der Waals surface area contributed by atoms with Crippen molar-refractivity contribution >= 4 is 12.0 Å². The van der Waals surface area contributed by atoms with Crippen molar-refractivity contribution in [3.8, 4) is 0 Å². The predicted octanol–water partition coefficient (Wildman–Crippen LogP) is 0.513. The van der Waals surface area contributed by atoms with Crippen molar-refractivity contribution in [2.75, 3.05) is 20.2 Å². The van der Waals surface area contributed by atoms with Crippen LogP contribution >= 0.6 is 0 Å². The van der Waals surface area contributed by atoms with Crippen LogP contribution in [0.15, 0.2) is 30.3 Å². The van der Waals surface area contributed by atoms with Crippen LogP contribution in [-0.4, -0.2) is 49.2 Å². The molecular formula is C15H21N3O3. The number of ether oxygens (including phenoxy) is 1. The van der Waals surface area contributed by atoms with E-state index in [0.717, 1.165) is 12.0 Å². The molecular weight excluding hydrogens is 270 g/mol. The van der Waals surface area contributed by atoms with E-state index in [-0.39, 0.29) is 11.9 Å². The van der Waals surface area contributed by atoms with Gasteiger partial charge in [-0.3, -0.25) is 4.79 Å². The Morgan fingerprint density at radius 2 is 2.14 bits per heavy atom. The maximum atomic E-state index is 12.3. The molecule has 6 nitrogen and oxygen atoms in total. The first-order valence-electron chi connectivity index (χ1n) is 7.03. The van der Waals surface area contributed by atoms with Crippen molar-refractivity contribution in [3.63, 3.8) is 0 Å². The summed E-state index contributed by atoms with van der Waals surface area (Å²) in [5, 5.41) is 2.71. The lowest BCUT2D eigenvalue weighted by atomic mass is 10.1. The number of likely N-dealkylation sites (tertiary alicyclic amines) is 1. The van der Waals surface area contributed by atoms with Crippen LogP contribution in [0.3, 0.4) is 0 Å². The third-order valence-electron chi connectivity index (χ3n) is 3.62. The van der Waals surface area contributed by atoms with Gasteiger partial charge in [-0.15, -0.1) is 0 Å². The molecule has 0 bridgehead atoms. The average Bonchev–Trinajstić information content (AvgIpc) is 2.95. The summed E-state index contributed by atoms with van der Waals surface area (Å²) in [6.45, 7) is 1.09. The largest absolute Gasteiger partial charge is 0.453 e. The molecule has 6 heteroatoms. The van der Waals surface area contributed by atoms with E-state index in [1.807, 2.05) is 30.3 Å². The van der Waals surface area contributed by atoms with Crippen LogP contribution in [0, 0.1) is 0 Å². The monoisotopic (exact) mass is 291 g/mol. The predicted molar refractivity (Wildman–Crippen MR) is 78.6 cm³/mol. The van der Waals surface area contributed by atoms with Crippen LogP contribution in [-0.2, 0) is 16.0 Å². The van der Waals surface area contributed by atoms with Gasteiger partial charge in [0.1, 0.15) is 0 Å². The topological polar surface area (TPSA) is 84.7 Å². The minimum Gasteiger partial charge on any atom is -0.453 e. The Balaban J connectivity index is 1.85. The third-order valence-corrected chi connectivity index (χ3v) is 3.62. The summed E-state index contributed by atoms with van der Waals surface area (Å²) in [6, 6.07) is 9.09. The highest BCUT2D eigenvalue weighted by atomic mass is 16.5. The zero-order valence-electron chi connectivity index (χ0n) is 12.1. The Hall–Kier alpha value is -2.08. The number of nitrogens with zero attached hydrogens (tertiary/aromatic N) is 1. The van der Waals surface area contributed by atoms with Gasteiger partial charge in [-0.2, -0.15) is 0 Å². The molecule has 2 atom stereocenters. The molecule has 0 spiro atoms. The van der Waals surface area contributed by atoms with Gasteiger partial charge in [0.25, 0.3) is 0 Å². The van der Waals surface area contributed by atoms with E-state index in [1.54, 1.807) is 4.90 Å². The van der Waals surface area contributed by atoms with Crippen molar-refractivity contribution in [2.24, 2.45) is 5.73 Å². The van der Waals surface area contributed by atoms with Gasteiger partial charge in [0.2, 0.25) is 5.91 Å². The fraction of sp³-hybridized carbons (Fsp3) is 0.467. The number of carbonyl (C=O) groups is 2. The zero-order valence-corrected chi connectivity index (χ0v) is 12.1. The van der Waals surface area contributed by atoms with Gasteiger partial charge in [0, 0.05) is 13.1 Å². The lowest BCUT2D eigenvalue weighted by molar-refractivity contribution is -0.131. The maximum Gasteiger partial charge on any atom is 0.407 e. The normalized spacial score (nSPS) is 19.1. The summed E-state index contributed by atoms with van der Waals surface area (Å²) < 4.78 is 4.56. The molecule has 1 saturated heterocycles. The number of alkyl carbamates (subject to hydrolysis) is 1. The first kappa shape index (κ1) is 15.3. The molecule has 0 saturated carbocycles. The van der Waals surface area contributed by atoms with Crippen molar-refractivity contribution in [2.45, 2.75) is 24.9 Å². The van der Waals surface area contributed by atoms with E-state index in [4.69, 9.17) is 5.73 Å². The van der Waals surface area contributed by atoms with Gasteiger partial charge in [-0.1, -0.05) is 30.3 Å². The molecule has 1 unspecified atom stereocenters. The van der Waals surface area contributed by atoms with Crippen LogP contribution in [0.1, 0.15) is 12.0 Å². The Kier molecular flexibility index (Phi) is 5.16. The van der Waals surface area contributed by atoms with Crippen LogP contribution < -0.4 is 11.1 Å². The molecule has 0 aromatic heterocycles. The second kappa shape index (κ2) is 7.08. The highest BCUT2D eigenvalue weighted by Gasteiger charge is 2.30. The molecule has 114 valence electrons. The summed E-state index contributed by atoms with van der Waals surface area (Å²) in [5.74, 6) is -0.0759. The third kappa shape index (κ3) is 4.19. The van der Waals surface area contributed by atoms with Crippen molar-refractivity contribution in [1.29, 1.82) is 0 Å². The standard InChI is InChI=1S/C15H21N3O3/c1-21-15(20)17-12-7-8-18(10-12)14(19)13(16)9-11-5-3-2-4-6-11/h2-6,12-13H,7-10,16H2,1H3,(H,17,20)/t12?,13-/m1/s1. The molecule has 1 fully saturated rings. The zero-order chi connectivity index (χ0) is 15.2. The fourth-order valence-electron chi connectivity index (χ4n) is 2.49. The van der Waals surface area contributed by atoms with Crippen molar-refractivity contribution in [3.05, 3.63) is 35.9 Å². The summed E-state index contributed by atoms with van der Waals surface area (Å²) in [6.07, 6.45) is 0.771. The Morgan fingerprint density at radius 3 is 2.81 bits per heavy atom. The van der Waals surface area contributed by atoms with Gasteiger partial charge < -0.3 is 20.7 Å². The smallest absolute Gasteiger partial charge is 0.407 e. The Morgan fingerprint density at radius 1 is 1.43 bits per heavy atom. The number of nitrogens with one attached hydrogen (secondary N) is 1. The maximum absolute atomic E-state index is 12.3. The lowest BCUT2D eigenvalue weighted by Crippen LogP contribution is -2.45. The molecule has 1 aliphatic rings. The number of hydrogen-bond donors (Lipinski definition) is 2. The molecule has 1 heterocycles. The molecule has 21 heavy (non-hydrogen) atoms. The van der Waals surface area contributed by atoms with Gasteiger partial charge in [-0.05, 0) is 18.4 Å². The molecule has 3 N–H and O–H groups in total. The van der Waals surface area contributed by atoms with E-state index >= 15 is 0 Å². The Labute approximate surface area is 124 Å². The number of hydrogen-bond acceptors (Lipinski definition) is 4. The van der Waals surface area contributed by atoms with E-state index < -0.39 is 12.1 Å². The van der Waals surface area contributed by atoms with Crippen molar-refractivity contribution < 1.29 is 14.3 Å². The van der Waals surface area contributed by atoms with Gasteiger partial charge in [-0.25, -0.2) is 4.79 Å². The second-order valence-electron chi connectivity index (χ2n) is 5.20. The summed E-state index contributed by atoms with van der Waals surface area (Å²) >= 11 is 0. The SMILES string of the molecule is COC(=O)NC1CCN(C(=O)[C@H](N)Cc2ccccc2)C1. The van der Waals surface area contributed by atoms with E-state index in [1.165, 1.54) is 7.11 Å². The minimum atomic E-state index is -0.552. The van der Waals surface area contributed by atoms with Gasteiger partial charge >= 0.3 is 6.09 Å². The number of benzene rings is 1. The highest BCUT2D eigenvalue weighted by Crippen LogP contribution is 2.12. The first-order chi connectivity index (χ1) is 10.1. The van der Waals surface area contributed by atoms with Crippen LogP contribution in [0.5, 0.6) is 0 Å². The molecule has 0 aliphatic carbocycles. The Bertz CT molecular complexity index is 492. The summed E-state index contributed by atoms with van der Waals surface area (Å²) in [7, 11) is 1.32. The number of methoxy groups -OCH3 is 1. The van der Waals surface area contributed by atoms with Gasteiger partial charge in [0.05, 0.1) is 19.2 Å². The molecule has 1 aromatic carbocycles. The first-order valence-corrected chi connectivity index (χ1v) is 7.03. The molecule has 1 aromatic rings. The van der Waals surface area contributed by atoms with E-state index in [9.17, 15) is 9.59 Å². The minimum absolute atomic E-state index is 0.0645. The van der Waals surface area contributed by atoms with Crippen molar-refractivity contribution in [1.82, 2.24) is 10.2 Å². The quantitative estimate of drug-likeness (QED) is 0.846. The van der Waals surface area contributed by atoms with E-state index in [0.29, 0.717) is 19.5 Å². The highest BCUT2D eigenvalue weighted by molar-refractivity contribution is 5.82. The molecule has 1 aliphatic heterocycles. The number of carbonyl (C=O) groups excluding carboxylic acids is 2. The molecule has 2 amide bonds. The summed E-state index contributed by atoms with van der Waals surface area (Å²) in [5.41, 5.74) is 7.04. The average molecular weight is 291 g/mol. The summed E-state index contributed by atoms with van der Waals surface area (Å²) in [4.78, 5) is 25.2. The fourth-order valence-corrected chi connectivity index (χ4v) is 2.49. The van der Waals surface area contributed by atoms with Crippen LogP contribution in [0.25, 0.3) is 0 Å². The van der Waals surface area contributed by atoms with Crippen LogP contribution in [0.4, 0.5) is 4.79 Å².